The summed E-state index contributed by atoms with van der Waals surface area (Å²) in [5.74, 6) is -1.52. The number of esters is 1. The summed E-state index contributed by atoms with van der Waals surface area (Å²) in [6.07, 6.45) is 2.83. The van der Waals surface area contributed by atoms with Crippen molar-refractivity contribution in [1.82, 2.24) is 20.6 Å². The number of ether oxygens (including phenoxy) is 1. The van der Waals surface area contributed by atoms with Crippen molar-refractivity contribution in [2.24, 2.45) is 0 Å². The lowest BCUT2D eigenvalue weighted by Gasteiger charge is -2.11. The molecule has 0 fully saturated rings. The molecule has 2 N–H and O–H groups in total. The Morgan fingerprint density at radius 2 is 2.06 bits per heavy atom. The molecule has 1 atom stereocenters. The van der Waals surface area contributed by atoms with Crippen LogP contribution in [0.4, 0.5) is 4.79 Å². The van der Waals surface area contributed by atoms with Crippen molar-refractivity contribution in [3.63, 3.8) is 0 Å². The molecule has 1 heterocycles. The van der Waals surface area contributed by atoms with E-state index >= 15 is 0 Å². The van der Waals surface area contributed by atoms with Crippen LogP contribution in [0, 0.1) is 0 Å². The van der Waals surface area contributed by atoms with Crippen molar-refractivity contribution >= 4 is 17.9 Å². The number of carbonyl (C=O) groups excluding carboxylic acids is 3. The molecule has 1 rings (SSSR count). The Balaban J connectivity index is 2.55. The van der Waals surface area contributed by atoms with Crippen LogP contribution in [0.5, 0.6) is 0 Å². The Bertz CT molecular complexity index is 448. The summed E-state index contributed by atoms with van der Waals surface area (Å²) >= 11 is 0. The summed E-state index contributed by atoms with van der Waals surface area (Å²) < 4.78 is 4.81. The van der Waals surface area contributed by atoms with E-state index in [4.69, 9.17) is 4.74 Å². The number of hydrogen-bond acceptors (Lipinski definition) is 6. The molecule has 0 unspecified atom stereocenters. The van der Waals surface area contributed by atoms with Crippen molar-refractivity contribution in [1.29, 1.82) is 0 Å². The molecule has 1 aromatic heterocycles. The van der Waals surface area contributed by atoms with E-state index in [0.29, 0.717) is 0 Å². The van der Waals surface area contributed by atoms with Gasteiger partial charge in [-0.05, 0) is 6.92 Å². The van der Waals surface area contributed by atoms with Crippen LogP contribution in [0.1, 0.15) is 17.4 Å². The van der Waals surface area contributed by atoms with Gasteiger partial charge < -0.3 is 10.1 Å². The van der Waals surface area contributed by atoms with Crippen LogP contribution in [-0.2, 0) is 9.53 Å². The fraction of sp³-hybridized carbons (Fsp3) is 0.300. The van der Waals surface area contributed by atoms with Gasteiger partial charge in [-0.3, -0.25) is 15.1 Å². The van der Waals surface area contributed by atoms with E-state index in [9.17, 15) is 14.4 Å². The SMILES string of the molecule is CNC(=O)NC(=O)[C@@H](C)OC(=O)c1cnccn1. The first-order valence-electron chi connectivity index (χ1n) is 5.04. The summed E-state index contributed by atoms with van der Waals surface area (Å²) in [4.78, 5) is 41.2. The summed E-state index contributed by atoms with van der Waals surface area (Å²) in [6.45, 7) is 1.34. The molecule has 0 aromatic carbocycles. The molecular weight excluding hydrogens is 240 g/mol. The molecule has 96 valence electrons. The average Bonchev–Trinajstić information content (AvgIpc) is 2.39. The summed E-state index contributed by atoms with van der Waals surface area (Å²) in [5.41, 5.74) is -0.0166. The maximum atomic E-state index is 11.5. The first-order chi connectivity index (χ1) is 8.54. The lowest BCUT2D eigenvalue weighted by molar-refractivity contribution is -0.127. The summed E-state index contributed by atoms with van der Waals surface area (Å²) in [7, 11) is 1.36. The first-order valence-corrected chi connectivity index (χ1v) is 5.04. The minimum Gasteiger partial charge on any atom is -0.448 e. The van der Waals surface area contributed by atoms with Crippen LogP contribution >= 0.6 is 0 Å². The molecule has 1 aromatic rings. The Kier molecular flexibility index (Phi) is 4.73. The summed E-state index contributed by atoms with van der Waals surface area (Å²) in [6, 6.07) is -0.678. The number of amides is 3. The topological polar surface area (TPSA) is 110 Å². The van der Waals surface area contributed by atoms with Crippen molar-refractivity contribution in [2.75, 3.05) is 7.05 Å². The highest BCUT2D eigenvalue weighted by molar-refractivity contribution is 5.98. The van der Waals surface area contributed by atoms with E-state index in [1.54, 1.807) is 0 Å². The smallest absolute Gasteiger partial charge is 0.359 e. The fourth-order valence-corrected chi connectivity index (χ4v) is 0.955. The number of rotatable bonds is 3. The Labute approximate surface area is 103 Å². The van der Waals surface area contributed by atoms with Crippen LogP contribution in [0.15, 0.2) is 18.6 Å². The van der Waals surface area contributed by atoms with E-state index < -0.39 is 24.0 Å². The van der Waals surface area contributed by atoms with Crippen LogP contribution in [0.25, 0.3) is 0 Å². The van der Waals surface area contributed by atoms with Crippen LogP contribution in [0.3, 0.4) is 0 Å². The zero-order chi connectivity index (χ0) is 13.5. The van der Waals surface area contributed by atoms with Gasteiger partial charge in [0.05, 0.1) is 6.20 Å². The molecular formula is C10H12N4O4. The highest BCUT2D eigenvalue weighted by atomic mass is 16.5. The van der Waals surface area contributed by atoms with Gasteiger partial charge in [0.25, 0.3) is 5.91 Å². The van der Waals surface area contributed by atoms with Crippen molar-refractivity contribution in [2.45, 2.75) is 13.0 Å². The van der Waals surface area contributed by atoms with E-state index in [-0.39, 0.29) is 5.69 Å². The minimum absolute atomic E-state index is 0.0166. The maximum Gasteiger partial charge on any atom is 0.359 e. The van der Waals surface area contributed by atoms with E-state index in [1.165, 1.54) is 32.6 Å². The predicted molar refractivity (Wildman–Crippen MR) is 59.5 cm³/mol. The number of nitrogens with one attached hydrogen (secondary N) is 2. The number of nitrogens with zero attached hydrogens (tertiary/aromatic N) is 2. The van der Waals surface area contributed by atoms with Gasteiger partial charge >= 0.3 is 12.0 Å². The second-order valence-electron chi connectivity index (χ2n) is 3.21. The molecule has 8 heteroatoms. The monoisotopic (exact) mass is 252 g/mol. The van der Waals surface area contributed by atoms with Crippen LogP contribution < -0.4 is 10.6 Å². The molecule has 0 bridgehead atoms. The third kappa shape index (κ3) is 3.81. The molecule has 0 saturated carbocycles. The average molecular weight is 252 g/mol. The van der Waals surface area contributed by atoms with E-state index in [2.05, 4.69) is 15.3 Å². The molecule has 0 aliphatic carbocycles. The third-order valence-electron chi connectivity index (χ3n) is 1.89. The van der Waals surface area contributed by atoms with Crippen LogP contribution in [-0.4, -0.2) is 41.0 Å². The molecule has 0 saturated heterocycles. The molecule has 0 radical (unpaired) electrons. The maximum absolute atomic E-state index is 11.5. The van der Waals surface area contributed by atoms with Gasteiger partial charge in [-0.25, -0.2) is 14.6 Å². The van der Waals surface area contributed by atoms with Gasteiger partial charge in [0.2, 0.25) is 0 Å². The van der Waals surface area contributed by atoms with Crippen molar-refractivity contribution in [3.8, 4) is 0 Å². The van der Waals surface area contributed by atoms with Crippen molar-refractivity contribution in [3.05, 3.63) is 24.3 Å². The molecule has 3 amide bonds. The highest BCUT2D eigenvalue weighted by Crippen LogP contribution is 1.99. The number of urea groups is 1. The molecule has 18 heavy (non-hydrogen) atoms. The standard InChI is InChI=1S/C10H12N4O4/c1-6(8(15)14-10(17)11-2)18-9(16)7-5-12-3-4-13-7/h3-6H,1-2H3,(H2,11,14,15,17)/t6-/m1/s1. The second kappa shape index (κ2) is 6.28. The Morgan fingerprint density at radius 1 is 1.33 bits per heavy atom. The van der Waals surface area contributed by atoms with Gasteiger partial charge in [0, 0.05) is 19.4 Å². The van der Waals surface area contributed by atoms with E-state index in [1.807, 2.05) is 5.32 Å². The van der Waals surface area contributed by atoms with Crippen LogP contribution in [0.2, 0.25) is 0 Å². The van der Waals surface area contributed by atoms with E-state index in [0.717, 1.165) is 0 Å². The molecule has 8 nitrogen and oxygen atoms in total. The van der Waals surface area contributed by atoms with Gasteiger partial charge in [-0.1, -0.05) is 0 Å². The lowest BCUT2D eigenvalue weighted by atomic mass is 10.3. The zero-order valence-corrected chi connectivity index (χ0v) is 9.84. The van der Waals surface area contributed by atoms with Crippen molar-refractivity contribution < 1.29 is 19.1 Å². The quantitative estimate of drug-likeness (QED) is 0.700. The number of hydrogen-bond donors (Lipinski definition) is 2. The Morgan fingerprint density at radius 3 is 2.61 bits per heavy atom. The molecule has 0 aliphatic heterocycles. The number of imide groups is 1. The first kappa shape index (κ1) is 13.6. The predicted octanol–water partition coefficient (Wildman–Crippen LogP) is -0.523. The van der Waals surface area contributed by atoms with Gasteiger partial charge in [0.15, 0.2) is 11.8 Å². The highest BCUT2D eigenvalue weighted by Gasteiger charge is 2.20. The number of aromatic nitrogens is 2. The fourth-order valence-electron chi connectivity index (χ4n) is 0.955. The normalized spacial score (nSPS) is 11.2. The van der Waals surface area contributed by atoms with Gasteiger partial charge in [0.1, 0.15) is 0 Å². The lowest BCUT2D eigenvalue weighted by Crippen LogP contribution is -2.43. The Hall–Kier alpha value is -2.51. The largest absolute Gasteiger partial charge is 0.448 e. The third-order valence-corrected chi connectivity index (χ3v) is 1.89. The van der Waals surface area contributed by atoms with Gasteiger partial charge in [-0.15, -0.1) is 0 Å². The second-order valence-corrected chi connectivity index (χ2v) is 3.21. The zero-order valence-electron chi connectivity index (χ0n) is 9.84. The number of carbonyl (C=O) groups is 3. The molecule has 0 spiro atoms. The molecule has 0 aliphatic rings. The summed E-state index contributed by atoms with van der Waals surface area (Å²) in [5, 5.41) is 4.19. The van der Waals surface area contributed by atoms with Gasteiger partial charge in [-0.2, -0.15) is 0 Å². The minimum atomic E-state index is -1.11.